The van der Waals surface area contributed by atoms with Crippen molar-refractivity contribution in [1.29, 1.82) is 0 Å². The Morgan fingerprint density at radius 2 is 0.692 bits per heavy atom. The maximum absolute atomic E-state index is 12.8. The zero-order chi connectivity index (χ0) is 57.0. The monoisotopic (exact) mass is 1100 g/mol. The molecule has 2 unspecified atom stereocenters. The fourth-order valence-electron chi connectivity index (χ4n) is 7.21. The summed E-state index contributed by atoms with van der Waals surface area (Å²) in [4.78, 5) is 35.7. The van der Waals surface area contributed by atoms with E-state index in [1.165, 1.54) is 19.3 Å². The summed E-state index contributed by atoms with van der Waals surface area (Å²) >= 11 is 0. The SMILES string of the molecule is CC/C=C\C/C=C\C/C=C\C/C=C\C/C=C\C/C=C\C/C=C\C/C=C\C/C=C\C/C=C\C/C=C\CCCCCC(=O)OC(COC(=O)CCCCCCCCC/C=C\C/C=C\C/C=C\CC)COP(=O)(O)OCC[N+](C)(C)C. The summed E-state index contributed by atoms with van der Waals surface area (Å²) < 4.78 is 34.5. The second kappa shape index (κ2) is 57.1. The van der Waals surface area contributed by atoms with Crippen molar-refractivity contribution in [2.45, 2.75) is 200 Å². The van der Waals surface area contributed by atoms with Crippen LogP contribution in [0.3, 0.4) is 0 Å². The molecule has 0 rings (SSSR count). The van der Waals surface area contributed by atoms with Crippen LogP contribution in [0.1, 0.15) is 194 Å². The van der Waals surface area contributed by atoms with Crippen LogP contribution in [0.25, 0.3) is 0 Å². The van der Waals surface area contributed by atoms with Gasteiger partial charge in [0.1, 0.15) is 19.8 Å². The quantitative estimate of drug-likeness (QED) is 0.0211. The normalized spacial score (nSPS) is 14.5. The fraction of sp³-hybridized carbons (Fsp3) is 0.559. The highest BCUT2D eigenvalue weighted by atomic mass is 31.2. The molecule has 0 heterocycles. The second-order valence-corrected chi connectivity index (χ2v) is 21.7. The number of unbranched alkanes of at least 4 members (excludes halogenated alkanes) is 10. The third-order valence-electron chi connectivity index (χ3n) is 11.7. The van der Waals surface area contributed by atoms with E-state index in [-0.39, 0.29) is 26.1 Å². The second-order valence-electron chi connectivity index (χ2n) is 20.3. The van der Waals surface area contributed by atoms with Crippen molar-refractivity contribution in [1.82, 2.24) is 0 Å². The summed E-state index contributed by atoms with van der Waals surface area (Å²) in [5, 5.41) is 0. The van der Waals surface area contributed by atoms with E-state index in [4.69, 9.17) is 18.5 Å². The highest BCUT2D eigenvalue weighted by Crippen LogP contribution is 2.43. The van der Waals surface area contributed by atoms with E-state index >= 15 is 0 Å². The number of esters is 2. The van der Waals surface area contributed by atoms with Gasteiger partial charge in [-0.15, -0.1) is 0 Å². The molecular weight excluding hydrogens is 990 g/mol. The number of hydrogen-bond donors (Lipinski definition) is 1. The van der Waals surface area contributed by atoms with Gasteiger partial charge in [0.15, 0.2) is 6.10 Å². The number of phosphoric acid groups is 1. The summed E-state index contributed by atoms with van der Waals surface area (Å²) in [6.07, 6.45) is 87.2. The molecule has 0 aliphatic carbocycles. The number of nitrogens with zero attached hydrogens (tertiary/aromatic N) is 1. The number of hydrogen-bond acceptors (Lipinski definition) is 7. The van der Waals surface area contributed by atoms with Crippen LogP contribution in [0.2, 0.25) is 0 Å². The maximum atomic E-state index is 12.8. The minimum Gasteiger partial charge on any atom is -0.462 e. The topological polar surface area (TPSA) is 108 Å². The smallest absolute Gasteiger partial charge is 0.462 e. The number of likely N-dealkylation sites (N-methyl/N-ethyl adjacent to an activating group) is 1. The van der Waals surface area contributed by atoms with Crippen molar-refractivity contribution in [2.24, 2.45) is 0 Å². The average molecular weight is 1100 g/mol. The van der Waals surface area contributed by atoms with Crippen LogP contribution in [-0.2, 0) is 32.7 Å². The molecule has 0 aromatic carbocycles. The molecule has 0 amide bonds. The summed E-state index contributed by atoms with van der Waals surface area (Å²) in [5.41, 5.74) is 0. The molecule has 78 heavy (non-hydrogen) atoms. The van der Waals surface area contributed by atoms with Crippen molar-refractivity contribution in [2.75, 3.05) is 47.5 Å². The van der Waals surface area contributed by atoms with E-state index < -0.39 is 32.5 Å². The van der Waals surface area contributed by atoms with Gasteiger partial charge in [0.25, 0.3) is 0 Å². The fourth-order valence-corrected chi connectivity index (χ4v) is 7.95. The van der Waals surface area contributed by atoms with Crippen LogP contribution in [-0.4, -0.2) is 74.9 Å². The van der Waals surface area contributed by atoms with Crippen LogP contribution >= 0.6 is 7.82 Å². The Hall–Kier alpha value is -4.63. The number of ether oxygens (including phenoxy) is 2. The van der Waals surface area contributed by atoms with E-state index in [1.807, 2.05) is 21.1 Å². The number of allylic oxidation sites excluding steroid dienone is 28. The van der Waals surface area contributed by atoms with Gasteiger partial charge in [0, 0.05) is 12.8 Å². The van der Waals surface area contributed by atoms with Crippen LogP contribution in [0, 0.1) is 0 Å². The standard InChI is InChI=1S/C68H108NO8P/c1-6-8-10-12-14-16-18-20-22-24-25-26-27-28-29-30-31-32-33-34-35-36-37-38-39-40-41-42-43-45-47-49-51-53-55-57-59-61-68(71)77-66(65-76-78(72,73)75-63-62-69(3,4)5)64-74-67(70)60-58-56-54-52-50-48-46-44-23-21-19-17-15-13-11-9-7-2/h8-11,14-17,20-23,25-26,28-29,31-32,34-35,37-38,40-41,43,45,49,51,66H,6-7,12-13,18-19,24,27,30,33,36,39,42,44,46-48,50,52-65H2,1-5H3/p+1/b10-8-,11-9-,16-14-,17-15-,22-20-,23-21-,26-25-,29-28-,32-31-,35-34-,38-37-,41-40-,45-43-,51-49-. The predicted molar refractivity (Wildman–Crippen MR) is 334 cm³/mol. The Balaban J connectivity index is 4.27. The lowest BCUT2D eigenvalue weighted by molar-refractivity contribution is -0.870. The Morgan fingerprint density at radius 3 is 1.04 bits per heavy atom. The highest BCUT2D eigenvalue weighted by molar-refractivity contribution is 7.47. The molecule has 0 saturated heterocycles. The van der Waals surface area contributed by atoms with Gasteiger partial charge in [-0.3, -0.25) is 18.6 Å². The lowest BCUT2D eigenvalue weighted by Crippen LogP contribution is -2.37. The van der Waals surface area contributed by atoms with E-state index in [0.717, 1.165) is 135 Å². The summed E-state index contributed by atoms with van der Waals surface area (Å²) in [7, 11) is 1.42. The molecule has 1 N–H and O–H groups in total. The molecule has 0 fully saturated rings. The zero-order valence-corrected chi connectivity index (χ0v) is 50.5. The van der Waals surface area contributed by atoms with Crippen molar-refractivity contribution in [3.63, 3.8) is 0 Å². The van der Waals surface area contributed by atoms with Gasteiger partial charge in [-0.05, 0) is 128 Å². The van der Waals surface area contributed by atoms with Gasteiger partial charge < -0.3 is 18.9 Å². The molecule has 10 heteroatoms. The average Bonchev–Trinajstić information content (AvgIpc) is 3.41. The lowest BCUT2D eigenvalue weighted by Gasteiger charge is -2.24. The van der Waals surface area contributed by atoms with Crippen LogP contribution in [0.15, 0.2) is 170 Å². The van der Waals surface area contributed by atoms with Gasteiger partial charge in [0.2, 0.25) is 0 Å². The number of quaternary nitrogens is 1. The Kier molecular flexibility index (Phi) is 53.7. The maximum Gasteiger partial charge on any atom is 0.472 e. The number of phosphoric ester groups is 1. The van der Waals surface area contributed by atoms with Gasteiger partial charge in [-0.25, -0.2) is 4.57 Å². The third-order valence-corrected chi connectivity index (χ3v) is 12.7. The Morgan fingerprint density at radius 1 is 0.397 bits per heavy atom. The summed E-state index contributed by atoms with van der Waals surface area (Å²) in [6, 6.07) is 0. The summed E-state index contributed by atoms with van der Waals surface area (Å²) in [6.45, 7) is 4.12. The van der Waals surface area contributed by atoms with Gasteiger partial charge in [0.05, 0.1) is 27.7 Å². The molecule has 0 saturated carbocycles. The van der Waals surface area contributed by atoms with Crippen molar-refractivity contribution in [3.8, 4) is 0 Å². The number of rotatable bonds is 52. The van der Waals surface area contributed by atoms with Crippen molar-refractivity contribution >= 4 is 19.8 Å². The Labute approximate surface area is 477 Å². The molecule has 0 aromatic heterocycles. The summed E-state index contributed by atoms with van der Waals surface area (Å²) in [5.74, 6) is -0.863. The molecule has 2 atom stereocenters. The van der Waals surface area contributed by atoms with Crippen LogP contribution in [0.5, 0.6) is 0 Å². The first-order valence-electron chi connectivity index (χ1n) is 29.9. The highest BCUT2D eigenvalue weighted by Gasteiger charge is 2.27. The van der Waals surface area contributed by atoms with Crippen molar-refractivity contribution in [3.05, 3.63) is 170 Å². The molecule has 0 aliphatic heterocycles. The van der Waals surface area contributed by atoms with E-state index in [9.17, 15) is 19.0 Å². The molecular formula is C68H109NO8P+. The van der Waals surface area contributed by atoms with E-state index in [0.29, 0.717) is 23.9 Å². The first-order valence-corrected chi connectivity index (χ1v) is 31.4. The van der Waals surface area contributed by atoms with E-state index in [2.05, 4.69) is 184 Å². The zero-order valence-electron chi connectivity index (χ0n) is 49.6. The van der Waals surface area contributed by atoms with Gasteiger partial charge >= 0.3 is 19.8 Å². The van der Waals surface area contributed by atoms with Crippen LogP contribution in [0.4, 0.5) is 0 Å². The molecule has 0 bridgehead atoms. The molecule has 9 nitrogen and oxygen atoms in total. The minimum absolute atomic E-state index is 0.0131. The van der Waals surface area contributed by atoms with Gasteiger partial charge in [-0.1, -0.05) is 223 Å². The van der Waals surface area contributed by atoms with Crippen LogP contribution < -0.4 is 0 Å². The predicted octanol–water partition coefficient (Wildman–Crippen LogP) is 19.0. The van der Waals surface area contributed by atoms with Crippen molar-refractivity contribution < 1.29 is 42.1 Å². The number of carbonyl (C=O) groups excluding carboxylic acids is 2. The van der Waals surface area contributed by atoms with Gasteiger partial charge in [-0.2, -0.15) is 0 Å². The molecule has 0 spiro atoms. The molecule has 0 radical (unpaired) electrons. The molecule has 438 valence electrons. The lowest BCUT2D eigenvalue weighted by atomic mass is 10.1. The third kappa shape index (κ3) is 60.6. The Bertz CT molecular complexity index is 1920. The first-order chi connectivity index (χ1) is 38.0. The largest absolute Gasteiger partial charge is 0.472 e. The molecule has 0 aliphatic rings. The number of carbonyl (C=O) groups is 2. The minimum atomic E-state index is -4.41. The first kappa shape index (κ1) is 73.4. The molecule has 0 aromatic rings. The van der Waals surface area contributed by atoms with E-state index in [1.54, 1.807) is 0 Å².